The number of nitrogens with zero attached hydrogens (tertiary/aromatic N) is 5. The van der Waals surface area contributed by atoms with Crippen LogP contribution in [-0.4, -0.2) is 78.4 Å². The summed E-state index contributed by atoms with van der Waals surface area (Å²) in [6, 6.07) is 13.4. The predicted octanol–water partition coefficient (Wildman–Crippen LogP) is 5.86. The number of rotatable bonds is 5. The largest absolute Gasteiger partial charge is 0.467 e. The Labute approximate surface area is 245 Å². The van der Waals surface area contributed by atoms with Crippen LogP contribution in [0.3, 0.4) is 0 Å². The molecule has 0 amide bonds. The number of benzene rings is 2. The molecule has 5 heterocycles. The molecule has 3 saturated heterocycles. The highest BCUT2D eigenvalue weighted by Crippen LogP contribution is 2.46. The van der Waals surface area contributed by atoms with Crippen molar-refractivity contribution in [2.45, 2.75) is 62.7 Å². The maximum Gasteiger partial charge on any atom is 0.318 e. The lowest BCUT2D eigenvalue weighted by Gasteiger charge is -2.26. The fourth-order valence-corrected chi connectivity index (χ4v) is 7.04. The van der Waals surface area contributed by atoms with Crippen LogP contribution in [0, 0.1) is 5.82 Å². The SMILES string of the molecule is COc1nc(N(C)C2CCNC2)c2cnc(-c3cccc4cccc(C5CC5)c34)c(F)c2n1.FC1CC2CCCN2C1. The molecule has 3 unspecified atom stereocenters. The average molecular weight is 573 g/mol. The lowest BCUT2D eigenvalue weighted by atomic mass is 9.94. The number of ether oxygens (including phenoxy) is 1. The lowest BCUT2D eigenvalue weighted by Crippen LogP contribution is -2.34. The van der Waals surface area contributed by atoms with E-state index in [2.05, 4.69) is 54.3 Å². The second kappa shape index (κ2) is 11.3. The zero-order valence-electron chi connectivity index (χ0n) is 24.3. The van der Waals surface area contributed by atoms with Crippen LogP contribution in [0.1, 0.15) is 50.0 Å². The van der Waals surface area contributed by atoms with E-state index in [9.17, 15) is 4.39 Å². The third-order valence-electron chi connectivity index (χ3n) is 9.41. The van der Waals surface area contributed by atoms with Crippen molar-refractivity contribution in [3.05, 3.63) is 54.0 Å². The monoisotopic (exact) mass is 572 g/mol. The van der Waals surface area contributed by atoms with E-state index in [1.807, 2.05) is 19.2 Å². The third kappa shape index (κ3) is 5.07. The fraction of sp³-hybridized carbons (Fsp3) is 0.485. The van der Waals surface area contributed by atoms with Gasteiger partial charge in [-0.3, -0.25) is 9.88 Å². The van der Waals surface area contributed by atoms with Crippen molar-refractivity contribution in [3.63, 3.8) is 0 Å². The molecule has 1 saturated carbocycles. The number of halogens is 2. The second-order valence-electron chi connectivity index (χ2n) is 12.1. The highest BCUT2D eigenvalue weighted by molar-refractivity contribution is 6.01. The molecule has 2 aromatic carbocycles. The van der Waals surface area contributed by atoms with E-state index in [0.717, 1.165) is 48.8 Å². The fourth-order valence-electron chi connectivity index (χ4n) is 7.04. The number of aromatic nitrogens is 3. The van der Waals surface area contributed by atoms with Crippen LogP contribution in [0.2, 0.25) is 0 Å². The molecular weight excluding hydrogens is 534 g/mol. The summed E-state index contributed by atoms with van der Waals surface area (Å²) < 4.78 is 34.1. The Morgan fingerprint density at radius 2 is 1.90 bits per heavy atom. The molecule has 1 N–H and O–H groups in total. The molecule has 4 fully saturated rings. The Morgan fingerprint density at radius 3 is 2.64 bits per heavy atom. The van der Waals surface area contributed by atoms with Gasteiger partial charge in [0.2, 0.25) is 0 Å². The summed E-state index contributed by atoms with van der Waals surface area (Å²) in [6.07, 6.45) is 7.88. The first-order valence-corrected chi connectivity index (χ1v) is 15.3. The molecule has 1 aliphatic carbocycles. The van der Waals surface area contributed by atoms with Gasteiger partial charge in [-0.05, 0) is 73.9 Å². The molecular formula is C33H38F2N6O. The summed E-state index contributed by atoms with van der Waals surface area (Å²) in [5, 5.41) is 6.15. The highest BCUT2D eigenvalue weighted by Gasteiger charge is 2.35. The zero-order valence-corrected chi connectivity index (χ0v) is 24.3. The van der Waals surface area contributed by atoms with E-state index in [1.165, 1.54) is 38.4 Å². The van der Waals surface area contributed by atoms with Crippen molar-refractivity contribution in [2.24, 2.45) is 0 Å². The van der Waals surface area contributed by atoms with Crippen molar-refractivity contribution in [1.29, 1.82) is 0 Å². The molecule has 0 spiro atoms. The van der Waals surface area contributed by atoms with Crippen molar-refractivity contribution >= 4 is 27.5 Å². The van der Waals surface area contributed by atoms with Gasteiger partial charge in [0.25, 0.3) is 0 Å². The Hall–Kier alpha value is -3.43. The predicted molar refractivity (Wildman–Crippen MR) is 163 cm³/mol. The standard InChI is InChI=1S/C26H26FN5O.C7H12FN/c1-32(17-11-12-28-13-17)25-20-14-29-23(22(27)24(20)30-26(31-25)33-2)19-8-4-6-16-5-3-7-18(21(16)19)15-9-10-15;8-6-4-7-2-1-3-9(7)5-6/h3-8,14-15,17,28H,9-13H2,1-2H3;6-7H,1-5H2. The van der Waals surface area contributed by atoms with Crippen LogP contribution in [0.15, 0.2) is 42.6 Å². The van der Waals surface area contributed by atoms with Gasteiger partial charge in [0, 0.05) is 44.0 Å². The molecule has 2 aromatic heterocycles. The van der Waals surface area contributed by atoms with Gasteiger partial charge in [0.15, 0.2) is 5.82 Å². The molecule has 7 nitrogen and oxygen atoms in total. The van der Waals surface area contributed by atoms with Crippen molar-refractivity contribution < 1.29 is 13.5 Å². The molecule has 4 aliphatic rings. The Balaban J connectivity index is 0.000000272. The Bertz CT molecular complexity index is 1590. The van der Waals surface area contributed by atoms with Crippen LogP contribution in [0.5, 0.6) is 6.01 Å². The van der Waals surface area contributed by atoms with E-state index in [-0.39, 0.29) is 17.6 Å². The minimum Gasteiger partial charge on any atom is -0.467 e. The van der Waals surface area contributed by atoms with Crippen molar-refractivity contribution in [2.75, 3.05) is 45.2 Å². The van der Waals surface area contributed by atoms with E-state index >= 15 is 4.39 Å². The van der Waals surface area contributed by atoms with Gasteiger partial charge in [0.1, 0.15) is 23.2 Å². The number of hydrogen-bond acceptors (Lipinski definition) is 7. The van der Waals surface area contributed by atoms with Gasteiger partial charge in [0.05, 0.1) is 12.5 Å². The first-order valence-electron chi connectivity index (χ1n) is 15.3. The van der Waals surface area contributed by atoms with E-state index in [4.69, 9.17) is 4.74 Å². The number of pyridine rings is 1. The van der Waals surface area contributed by atoms with Gasteiger partial charge >= 0.3 is 6.01 Å². The minimum atomic E-state index is -0.518. The molecule has 220 valence electrons. The quantitative estimate of drug-likeness (QED) is 0.321. The summed E-state index contributed by atoms with van der Waals surface area (Å²) in [4.78, 5) is 18.0. The van der Waals surface area contributed by atoms with Gasteiger partial charge in [-0.15, -0.1) is 0 Å². The van der Waals surface area contributed by atoms with Crippen LogP contribution in [-0.2, 0) is 0 Å². The first kappa shape index (κ1) is 27.4. The maximum absolute atomic E-state index is 16.1. The first-order chi connectivity index (χ1) is 20.5. The summed E-state index contributed by atoms with van der Waals surface area (Å²) in [7, 11) is 3.49. The average Bonchev–Trinajstić information content (AvgIpc) is 3.34. The van der Waals surface area contributed by atoms with E-state index in [1.54, 1.807) is 6.20 Å². The molecule has 0 radical (unpaired) electrons. The second-order valence-corrected chi connectivity index (χ2v) is 12.1. The molecule has 42 heavy (non-hydrogen) atoms. The number of fused-ring (bicyclic) bond motifs is 3. The molecule has 8 rings (SSSR count). The van der Waals surface area contributed by atoms with Crippen LogP contribution >= 0.6 is 0 Å². The number of methoxy groups -OCH3 is 1. The minimum absolute atomic E-state index is 0.156. The van der Waals surface area contributed by atoms with Gasteiger partial charge in [-0.25, -0.2) is 8.78 Å². The topological polar surface area (TPSA) is 66.4 Å². The molecule has 4 aromatic rings. The van der Waals surface area contributed by atoms with Gasteiger partial charge in [-0.1, -0.05) is 36.4 Å². The van der Waals surface area contributed by atoms with Crippen LogP contribution < -0.4 is 15.0 Å². The number of anilines is 1. The van der Waals surface area contributed by atoms with E-state index < -0.39 is 12.0 Å². The smallest absolute Gasteiger partial charge is 0.318 e. The van der Waals surface area contributed by atoms with Crippen molar-refractivity contribution in [3.8, 4) is 17.3 Å². The molecule has 3 aliphatic heterocycles. The Kier molecular flexibility index (Phi) is 7.40. The number of alkyl halides is 1. The van der Waals surface area contributed by atoms with Crippen molar-refractivity contribution in [1.82, 2.24) is 25.2 Å². The van der Waals surface area contributed by atoms with Gasteiger partial charge < -0.3 is 15.0 Å². The summed E-state index contributed by atoms with van der Waals surface area (Å²) in [5.41, 5.74) is 2.64. The highest BCUT2D eigenvalue weighted by atomic mass is 19.1. The molecule has 3 atom stereocenters. The summed E-state index contributed by atoms with van der Waals surface area (Å²) in [5.74, 6) is 0.742. The molecule has 9 heteroatoms. The maximum atomic E-state index is 16.1. The summed E-state index contributed by atoms with van der Waals surface area (Å²) >= 11 is 0. The van der Waals surface area contributed by atoms with Crippen LogP contribution in [0.25, 0.3) is 32.9 Å². The lowest BCUT2D eigenvalue weighted by molar-refractivity contribution is 0.292. The van der Waals surface area contributed by atoms with Crippen LogP contribution in [0.4, 0.5) is 14.6 Å². The number of likely N-dealkylation sites (N-methyl/N-ethyl adjacent to an activating group) is 1. The number of hydrogen-bond donors (Lipinski definition) is 1. The number of nitrogens with one attached hydrogen (secondary N) is 1. The van der Waals surface area contributed by atoms with Gasteiger partial charge in [-0.2, -0.15) is 9.97 Å². The normalized spacial score (nSPS) is 23.7. The summed E-state index contributed by atoms with van der Waals surface area (Å²) in [6.45, 7) is 3.67. The zero-order chi connectivity index (χ0) is 28.8. The Morgan fingerprint density at radius 1 is 1.07 bits per heavy atom. The van der Waals surface area contributed by atoms with E-state index in [0.29, 0.717) is 35.4 Å². The molecule has 0 bridgehead atoms. The third-order valence-corrected chi connectivity index (χ3v) is 9.41.